The number of ketones is 1. The average molecular weight is 800 g/mol. The maximum Gasteiger partial charge on any atom is 0.416 e. The smallest absolute Gasteiger partial charge is 0.416 e. The summed E-state index contributed by atoms with van der Waals surface area (Å²) in [4.78, 5) is 50.3. The molecular formula is C45H48F3N3O5S. The fraction of sp³-hybridized carbons (Fsp3) is 0.356. The van der Waals surface area contributed by atoms with Gasteiger partial charge in [-0.2, -0.15) is 13.2 Å². The molecule has 300 valence electrons. The van der Waals surface area contributed by atoms with Crippen molar-refractivity contribution in [3.8, 4) is 28.3 Å². The molecule has 2 heterocycles. The first kappa shape index (κ1) is 42.8. The van der Waals surface area contributed by atoms with E-state index in [1.807, 2.05) is 51.1 Å². The zero-order chi connectivity index (χ0) is 41.2. The Bertz CT molecular complexity index is 2110. The topological polar surface area (TPSA) is 118 Å². The molecule has 0 aliphatic heterocycles. The minimum Gasteiger partial charge on any atom is -0.494 e. The van der Waals surface area contributed by atoms with Crippen LogP contribution in [-0.2, 0) is 27.6 Å². The molecule has 5 rings (SSSR count). The lowest BCUT2D eigenvalue weighted by molar-refractivity contribution is -0.144. The highest BCUT2D eigenvalue weighted by atomic mass is 32.1. The Morgan fingerprint density at radius 1 is 0.807 bits per heavy atom. The monoisotopic (exact) mass is 799 g/mol. The van der Waals surface area contributed by atoms with E-state index in [1.54, 1.807) is 42.7 Å². The minimum atomic E-state index is -4.85. The number of benzene rings is 3. The number of ether oxygens (including phenoxy) is 1. The number of amides is 1. The van der Waals surface area contributed by atoms with E-state index < -0.39 is 41.1 Å². The lowest BCUT2D eigenvalue weighted by atomic mass is 9.91. The number of nitrogens with one attached hydrogen (secondary N) is 1. The molecule has 0 saturated carbocycles. The third-order valence-corrected chi connectivity index (χ3v) is 11.1. The number of Topliss-reactive ketones (excluding diaryl/α,β-unsaturated/α-hetero) is 1. The van der Waals surface area contributed by atoms with Crippen LogP contribution < -0.4 is 10.1 Å². The number of hydrogen-bond acceptors (Lipinski definition) is 7. The third-order valence-electron chi connectivity index (χ3n) is 9.58. The molecule has 0 aliphatic carbocycles. The molecule has 5 aromatic rings. The van der Waals surface area contributed by atoms with Gasteiger partial charge in [0, 0.05) is 40.7 Å². The lowest BCUT2D eigenvalue weighted by Crippen LogP contribution is -2.40. The van der Waals surface area contributed by atoms with Crippen LogP contribution in [0.4, 0.5) is 13.2 Å². The number of aromatic nitrogens is 2. The van der Waals surface area contributed by atoms with Crippen LogP contribution in [0.1, 0.15) is 104 Å². The van der Waals surface area contributed by atoms with E-state index in [4.69, 9.17) is 4.74 Å². The zero-order valence-corrected chi connectivity index (χ0v) is 33.4. The van der Waals surface area contributed by atoms with Gasteiger partial charge in [-0.15, -0.1) is 11.3 Å². The predicted molar refractivity (Wildman–Crippen MR) is 216 cm³/mol. The van der Waals surface area contributed by atoms with E-state index in [1.165, 1.54) is 36.7 Å². The molecule has 1 unspecified atom stereocenters. The SMILES string of the molecule is CCCCCCCOc1ccc(-c2cnc(-c3ccc(C[C@H](CC(=O)c4ccc(C(C)(C)C)s4)C(=O)NC(C(=O)O)c4ccccc4C(F)(F)F)cc3)nc2)cc1. The summed E-state index contributed by atoms with van der Waals surface area (Å²) < 4.78 is 47.5. The van der Waals surface area contributed by atoms with Crippen molar-refractivity contribution in [3.05, 3.63) is 124 Å². The van der Waals surface area contributed by atoms with Gasteiger partial charge < -0.3 is 15.2 Å². The Balaban J connectivity index is 1.31. The van der Waals surface area contributed by atoms with Crippen LogP contribution in [0, 0.1) is 5.92 Å². The van der Waals surface area contributed by atoms with E-state index in [0.717, 1.165) is 52.8 Å². The first-order chi connectivity index (χ1) is 27.1. The molecule has 8 nitrogen and oxygen atoms in total. The second-order valence-electron chi connectivity index (χ2n) is 15.1. The molecule has 0 fully saturated rings. The summed E-state index contributed by atoms with van der Waals surface area (Å²) in [7, 11) is 0. The van der Waals surface area contributed by atoms with E-state index in [-0.39, 0.29) is 24.0 Å². The van der Waals surface area contributed by atoms with E-state index >= 15 is 0 Å². The average Bonchev–Trinajstić information content (AvgIpc) is 3.70. The molecule has 3 aromatic carbocycles. The van der Waals surface area contributed by atoms with Gasteiger partial charge in [-0.3, -0.25) is 9.59 Å². The number of nitrogens with zero attached hydrogens (tertiary/aromatic N) is 2. The van der Waals surface area contributed by atoms with Crippen LogP contribution in [0.15, 0.2) is 97.3 Å². The second kappa shape index (κ2) is 19.2. The molecule has 0 spiro atoms. The zero-order valence-electron chi connectivity index (χ0n) is 32.6. The maximum absolute atomic E-state index is 13.9. The Kier molecular flexibility index (Phi) is 14.4. The number of carbonyl (C=O) groups is 3. The molecule has 2 N–H and O–H groups in total. The Labute approximate surface area is 335 Å². The fourth-order valence-electron chi connectivity index (χ4n) is 6.35. The molecular weight excluding hydrogens is 752 g/mol. The number of carboxylic acid groups (broad SMARTS) is 1. The van der Waals surface area contributed by atoms with Gasteiger partial charge in [0.1, 0.15) is 5.75 Å². The molecule has 0 aliphatic rings. The molecule has 12 heteroatoms. The summed E-state index contributed by atoms with van der Waals surface area (Å²) in [5.74, 6) is -2.67. The number of alkyl halides is 3. The van der Waals surface area contributed by atoms with Crippen LogP contribution in [0.3, 0.4) is 0 Å². The fourth-order valence-corrected chi connectivity index (χ4v) is 7.36. The number of carboxylic acids is 1. The molecule has 0 saturated heterocycles. The number of aliphatic carboxylic acids is 1. The predicted octanol–water partition coefficient (Wildman–Crippen LogP) is 10.9. The van der Waals surface area contributed by atoms with Crippen LogP contribution in [0.5, 0.6) is 5.75 Å². The Hall–Kier alpha value is -5.36. The van der Waals surface area contributed by atoms with Gasteiger partial charge in [0.25, 0.3) is 0 Å². The number of hydrogen-bond donors (Lipinski definition) is 2. The van der Waals surface area contributed by atoms with Crippen molar-refractivity contribution in [2.24, 2.45) is 5.92 Å². The van der Waals surface area contributed by atoms with Crippen LogP contribution in [0.2, 0.25) is 0 Å². The van der Waals surface area contributed by atoms with Crippen molar-refractivity contribution in [2.45, 2.75) is 90.3 Å². The van der Waals surface area contributed by atoms with Gasteiger partial charge in [-0.25, -0.2) is 14.8 Å². The number of thiophene rings is 1. The van der Waals surface area contributed by atoms with Gasteiger partial charge in [0.05, 0.1) is 17.0 Å². The molecule has 1 amide bonds. The molecule has 0 bridgehead atoms. The lowest BCUT2D eigenvalue weighted by Gasteiger charge is -2.23. The van der Waals surface area contributed by atoms with Crippen molar-refractivity contribution >= 4 is 29.0 Å². The van der Waals surface area contributed by atoms with Gasteiger partial charge in [-0.05, 0) is 65.3 Å². The van der Waals surface area contributed by atoms with Gasteiger partial charge in [-0.1, -0.05) is 108 Å². The third kappa shape index (κ3) is 11.8. The summed E-state index contributed by atoms with van der Waals surface area (Å²) in [6, 6.07) is 20.7. The molecule has 2 atom stereocenters. The number of halogens is 3. The quantitative estimate of drug-likeness (QED) is 0.0669. The molecule has 2 aromatic heterocycles. The first-order valence-corrected chi connectivity index (χ1v) is 19.9. The molecule has 57 heavy (non-hydrogen) atoms. The van der Waals surface area contributed by atoms with E-state index in [2.05, 4.69) is 22.2 Å². The number of carbonyl (C=O) groups excluding carboxylic acids is 2. The van der Waals surface area contributed by atoms with Crippen molar-refractivity contribution in [1.29, 1.82) is 0 Å². The van der Waals surface area contributed by atoms with Gasteiger partial charge in [0.15, 0.2) is 17.6 Å². The van der Waals surface area contributed by atoms with Crippen molar-refractivity contribution < 1.29 is 37.4 Å². The van der Waals surface area contributed by atoms with Gasteiger partial charge in [0.2, 0.25) is 5.91 Å². The van der Waals surface area contributed by atoms with Crippen molar-refractivity contribution in [1.82, 2.24) is 15.3 Å². The normalized spacial score (nSPS) is 12.8. The summed E-state index contributed by atoms with van der Waals surface area (Å²) in [6.07, 6.45) is 4.20. The highest BCUT2D eigenvalue weighted by molar-refractivity contribution is 7.14. The Morgan fingerprint density at radius 3 is 2.07 bits per heavy atom. The second-order valence-corrected chi connectivity index (χ2v) is 16.2. The number of unbranched alkanes of at least 4 members (excludes halogenated alkanes) is 4. The van der Waals surface area contributed by atoms with Crippen molar-refractivity contribution in [3.63, 3.8) is 0 Å². The summed E-state index contributed by atoms with van der Waals surface area (Å²) in [5, 5.41) is 12.3. The summed E-state index contributed by atoms with van der Waals surface area (Å²) in [5.41, 5.74) is 1.14. The minimum absolute atomic E-state index is 0.0149. The van der Waals surface area contributed by atoms with Gasteiger partial charge >= 0.3 is 12.1 Å². The molecule has 0 radical (unpaired) electrons. The van der Waals surface area contributed by atoms with E-state index in [0.29, 0.717) is 28.4 Å². The summed E-state index contributed by atoms with van der Waals surface area (Å²) >= 11 is 1.31. The highest BCUT2D eigenvalue weighted by Gasteiger charge is 2.38. The van der Waals surface area contributed by atoms with Crippen LogP contribution in [0.25, 0.3) is 22.5 Å². The van der Waals surface area contributed by atoms with Crippen molar-refractivity contribution in [2.75, 3.05) is 6.61 Å². The van der Waals surface area contributed by atoms with Crippen LogP contribution >= 0.6 is 11.3 Å². The summed E-state index contributed by atoms with van der Waals surface area (Å²) in [6.45, 7) is 8.93. The highest BCUT2D eigenvalue weighted by Crippen LogP contribution is 2.35. The Morgan fingerprint density at radius 2 is 1.46 bits per heavy atom. The first-order valence-electron chi connectivity index (χ1n) is 19.1. The number of rotatable bonds is 18. The largest absolute Gasteiger partial charge is 0.494 e. The van der Waals surface area contributed by atoms with E-state index in [9.17, 15) is 32.7 Å². The van der Waals surface area contributed by atoms with Crippen LogP contribution in [-0.4, -0.2) is 39.3 Å². The maximum atomic E-state index is 13.9. The standard InChI is InChI=1S/C45H48F3N3O5S/c1-5-6-7-8-11-24-56-34-20-18-30(19-21-34)33-27-49-41(50-28-33)31-16-14-29(15-17-31)25-32(26-37(52)38-22-23-39(57-38)44(2,3)4)42(53)51-40(43(54)55)35-12-9-10-13-36(35)45(46,47)48/h9-10,12-23,27-28,32,40H,5-8,11,24-26H2,1-4H3,(H,51,53)(H,54,55)/t32-,40?/m1/s1.